The van der Waals surface area contributed by atoms with E-state index in [0.29, 0.717) is 17.5 Å². The van der Waals surface area contributed by atoms with Gasteiger partial charge in [0.15, 0.2) is 17.5 Å². The monoisotopic (exact) mass is 773 g/mol. The second-order valence-electron chi connectivity index (χ2n) is 16.0. The Morgan fingerprint density at radius 2 is 1.03 bits per heavy atom. The van der Waals surface area contributed by atoms with Crippen molar-refractivity contribution in [2.75, 3.05) is 0 Å². The SMILES string of the molecule is CC1(C)c2ccccc2-c2c(-c3nc(-c4cccc(-c5ccc6c(c5)oc5cccc(-c7ccccc7)c56)c4)nc(-c4ccc5sc6ccccc6c5c4)n3)cccc21. The molecular formula is C54H35N3OS. The van der Waals surface area contributed by atoms with Gasteiger partial charge < -0.3 is 4.42 Å². The van der Waals surface area contributed by atoms with E-state index in [1.807, 2.05) is 11.3 Å². The van der Waals surface area contributed by atoms with Crippen LogP contribution in [0.4, 0.5) is 0 Å². The van der Waals surface area contributed by atoms with Gasteiger partial charge in [-0.3, -0.25) is 0 Å². The van der Waals surface area contributed by atoms with Crippen molar-refractivity contribution in [3.8, 4) is 67.5 Å². The average molecular weight is 774 g/mol. The first-order chi connectivity index (χ1) is 29.0. The molecule has 0 aliphatic heterocycles. The van der Waals surface area contributed by atoms with Crippen molar-refractivity contribution in [1.29, 1.82) is 0 Å². The van der Waals surface area contributed by atoms with E-state index in [1.165, 1.54) is 53.6 Å². The maximum absolute atomic E-state index is 6.52. The number of thiophene rings is 1. The molecule has 1 aliphatic carbocycles. The molecule has 12 rings (SSSR count). The number of nitrogens with zero attached hydrogens (tertiary/aromatic N) is 3. The number of hydrogen-bond donors (Lipinski definition) is 0. The zero-order valence-corrected chi connectivity index (χ0v) is 33.2. The molecule has 5 heteroatoms. The summed E-state index contributed by atoms with van der Waals surface area (Å²) in [5, 5.41) is 4.68. The van der Waals surface area contributed by atoms with Crippen LogP contribution in [0.5, 0.6) is 0 Å². The largest absolute Gasteiger partial charge is 0.456 e. The normalized spacial score (nSPS) is 13.1. The molecule has 0 N–H and O–H groups in total. The van der Waals surface area contributed by atoms with Crippen molar-refractivity contribution in [2.45, 2.75) is 19.3 Å². The summed E-state index contributed by atoms with van der Waals surface area (Å²) in [5.74, 6) is 1.93. The lowest BCUT2D eigenvalue weighted by molar-refractivity contribution is 0.660. The Morgan fingerprint density at radius 1 is 0.407 bits per heavy atom. The molecule has 0 amide bonds. The molecule has 0 saturated carbocycles. The van der Waals surface area contributed by atoms with Crippen LogP contribution in [0.2, 0.25) is 0 Å². The summed E-state index contributed by atoms with van der Waals surface area (Å²) >= 11 is 1.81. The molecule has 0 saturated heterocycles. The van der Waals surface area contributed by atoms with E-state index >= 15 is 0 Å². The van der Waals surface area contributed by atoms with E-state index in [1.54, 1.807) is 0 Å². The highest BCUT2D eigenvalue weighted by Crippen LogP contribution is 2.52. The highest BCUT2D eigenvalue weighted by Gasteiger charge is 2.37. The fourth-order valence-corrected chi connectivity index (χ4v) is 10.3. The number of aromatic nitrogens is 3. The van der Waals surface area contributed by atoms with Crippen LogP contribution in [-0.2, 0) is 5.41 Å². The van der Waals surface area contributed by atoms with Gasteiger partial charge in [0.1, 0.15) is 11.2 Å². The van der Waals surface area contributed by atoms with E-state index < -0.39 is 0 Å². The predicted molar refractivity (Wildman–Crippen MR) is 245 cm³/mol. The Labute approximate surface area is 345 Å². The number of rotatable bonds is 5. The van der Waals surface area contributed by atoms with Crippen LogP contribution in [0.25, 0.3) is 110 Å². The average Bonchev–Trinajstić information content (AvgIpc) is 3.93. The quantitative estimate of drug-likeness (QED) is 0.175. The van der Waals surface area contributed by atoms with Crippen LogP contribution in [0.1, 0.15) is 25.0 Å². The van der Waals surface area contributed by atoms with Crippen molar-refractivity contribution in [1.82, 2.24) is 15.0 Å². The van der Waals surface area contributed by atoms with Gasteiger partial charge in [0.05, 0.1) is 0 Å². The summed E-state index contributed by atoms with van der Waals surface area (Å²) < 4.78 is 9.03. The lowest BCUT2D eigenvalue weighted by Crippen LogP contribution is -2.14. The fourth-order valence-electron chi connectivity index (χ4n) is 9.26. The summed E-state index contributed by atoms with van der Waals surface area (Å²) in [7, 11) is 0. The van der Waals surface area contributed by atoms with Gasteiger partial charge in [-0.2, -0.15) is 0 Å². The Balaban J connectivity index is 1.03. The van der Waals surface area contributed by atoms with Crippen LogP contribution in [0.15, 0.2) is 180 Å². The highest BCUT2D eigenvalue weighted by molar-refractivity contribution is 7.25. The lowest BCUT2D eigenvalue weighted by Gasteiger charge is -2.21. The molecule has 0 atom stereocenters. The third-order valence-electron chi connectivity index (χ3n) is 12.2. The van der Waals surface area contributed by atoms with Gasteiger partial charge >= 0.3 is 0 Å². The third kappa shape index (κ3) is 5.32. The first-order valence-electron chi connectivity index (χ1n) is 20.0. The van der Waals surface area contributed by atoms with Crippen molar-refractivity contribution in [3.63, 3.8) is 0 Å². The molecule has 8 aromatic carbocycles. The van der Waals surface area contributed by atoms with E-state index in [2.05, 4.69) is 190 Å². The van der Waals surface area contributed by atoms with Gasteiger partial charge in [0.25, 0.3) is 0 Å². The molecular weight excluding hydrogens is 739 g/mol. The molecule has 3 heterocycles. The Kier molecular flexibility index (Phi) is 7.41. The minimum atomic E-state index is -0.149. The summed E-state index contributed by atoms with van der Waals surface area (Å²) in [5.41, 5.74) is 13.9. The summed E-state index contributed by atoms with van der Waals surface area (Å²) in [6, 6.07) is 62.4. The molecule has 278 valence electrons. The first-order valence-corrected chi connectivity index (χ1v) is 20.8. The molecule has 3 aromatic heterocycles. The number of fused-ring (bicyclic) bond motifs is 9. The van der Waals surface area contributed by atoms with Crippen LogP contribution >= 0.6 is 11.3 Å². The Morgan fingerprint density at radius 3 is 1.93 bits per heavy atom. The molecule has 1 aliphatic rings. The zero-order chi connectivity index (χ0) is 39.2. The summed E-state index contributed by atoms with van der Waals surface area (Å²) in [6.45, 7) is 4.62. The van der Waals surface area contributed by atoms with Gasteiger partial charge in [-0.15, -0.1) is 11.3 Å². The molecule has 0 spiro atoms. The van der Waals surface area contributed by atoms with Crippen molar-refractivity contribution in [2.24, 2.45) is 0 Å². The summed E-state index contributed by atoms with van der Waals surface area (Å²) in [4.78, 5) is 15.9. The molecule has 11 aromatic rings. The smallest absolute Gasteiger partial charge is 0.164 e. The van der Waals surface area contributed by atoms with E-state index in [9.17, 15) is 0 Å². The van der Waals surface area contributed by atoms with Crippen molar-refractivity contribution < 1.29 is 4.42 Å². The topological polar surface area (TPSA) is 51.8 Å². The number of furan rings is 1. The van der Waals surface area contributed by atoms with Crippen LogP contribution in [-0.4, -0.2) is 15.0 Å². The predicted octanol–water partition coefficient (Wildman–Crippen LogP) is 14.8. The molecule has 59 heavy (non-hydrogen) atoms. The van der Waals surface area contributed by atoms with Gasteiger partial charge in [0.2, 0.25) is 0 Å². The van der Waals surface area contributed by atoms with E-state index in [-0.39, 0.29) is 5.41 Å². The van der Waals surface area contributed by atoms with E-state index in [4.69, 9.17) is 19.4 Å². The van der Waals surface area contributed by atoms with Gasteiger partial charge in [-0.25, -0.2) is 15.0 Å². The minimum Gasteiger partial charge on any atom is -0.456 e. The molecule has 0 radical (unpaired) electrons. The highest BCUT2D eigenvalue weighted by atomic mass is 32.1. The van der Waals surface area contributed by atoms with Crippen molar-refractivity contribution in [3.05, 3.63) is 187 Å². The fraction of sp³-hybridized carbons (Fsp3) is 0.0556. The van der Waals surface area contributed by atoms with E-state index in [0.717, 1.165) is 49.8 Å². The van der Waals surface area contributed by atoms with Gasteiger partial charge in [0, 0.05) is 53.1 Å². The maximum atomic E-state index is 6.52. The maximum Gasteiger partial charge on any atom is 0.164 e. The first kappa shape index (κ1) is 33.9. The zero-order valence-electron chi connectivity index (χ0n) is 32.4. The van der Waals surface area contributed by atoms with Gasteiger partial charge in [-0.1, -0.05) is 141 Å². The van der Waals surface area contributed by atoms with Crippen LogP contribution < -0.4 is 0 Å². The Bertz CT molecular complexity index is 3490. The molecule has 0 unspecified atom stereocenters. The second kappa shape index (κ2) is 12.9. The van der Waals surface area contributed by atoms with Crippen LogP contribution in [0.3, 0.4) is 0 Å². The van der Waals surface area contributed by atoms with Crippen molar-refractivity contribution >= 4 is 53.4 Å². The third-order valence-corrected chi connectivity index (χ3v) is 13.3. The summed E-state index contributed by atoms with van der Waals surface area (Å²) in [6.07, 6.45) is 0. The number of benzene rings is 8. The lowest BCUT2D eigenvalue weighted by atomic mass is 9.82. The second-order valence-corrected chi connectivity index (χ2v) is 17.0. The Hall–Kier alpha value is -7.21. The van der Waals surface area contributed by atoms with Gasteiger partial charge in [-0.05, 0) is 93.0 Å². The van der Waals surface area contributed by atoms with Crippen LogP contribution in [0, 0.1) is 0 Å². The molecule has 0 fully saturated rings. The number of hydrogen-bond acceptors (Lipinski definition) is 5. The standard InChI is InChI=1S/C54H35N3OS/c1-54(2)43-21-8-6-18-39(43)49-41(20-11-22-44(49)54)53-56-51(55-52(57-53)36-26-28-48-42(30-36)38-17-7-9-24-47(38)59-48)35-16-10-15-33(29-35)34-25-27-40-46(31-34)58-45-23-12-19-37(50(40)45)32-13-4-3-5-14-32/h3-31H,1-2H3. The molecule has 0 bridgehead atoms. The molecule has 4 nitrogen and oxygen atoms in total. The minimum absolute atomic E-state index is 0.149.